The van der Waals surface area contributed by atoms with Crippen LogP contribution in [0.25, 0.3) is 0 Å². The van der Waals surface area contributed by atoms with Crippen LogP contribution in [0.15, 0.2) is 24.3 Å². The summed E-state index contributed by atoms with van der Waals surface area (Å²) in [6, 6.07) is 7.05. The van der Waals surface area contributed by atoms with Gasteiger partial charge >= 0.3 is 0 Å². The van der Waals surface area contributed by atoms with Crippen molar-refractivity contribution in [1.29, 1.82) is 0 Å². The number of benzene rings is 1. The van der Waals surface area contributed by atoms with Crippen LogP contribution in [0.1, 0.15) is 16.8 Å². The van der Waals surface area contributed by atoms with E-state index in [1.54, 1.807) is 31.4 Å². The summed E-state index contributed by atoms with van der Waals surface area (Å²) in [5.41, 5.74) is 0.663. The fourth-order valence-electron chi connectivity index (χ4n) is 1.56. The highest BCUT2D eigenvalue weighted by Crippen LogP contribution is 2.11. The number of methoxy groups -OCH3 is 1. The molecule has 0 aromatic heterocycles. The number of ether oxygens (including phenoxy) is 1. The molecule has 0 unspecified atom stereocenters. The van der Waals surface area contributed by atoms with Crippen molar-refractivity contribution in [3.63, 3.8) is 0 Å². The molecule has 3 nitrogen and oxygen atoms in total. The quantitative estimate of drug-likeness (QED) is 0.554. The van der Waals surface area contributed by atoms with Gasteiger partial charge in [0, 0.05) is 30.8 Å². The molecule has 0 fully saturated rings. The molecular formula is C13H18ClNO2. The summed E-state index contributed by atoms with van der Waals surface area (Å²) < 4.78 is 4.97. The van der Waals surface area contributed by atoms with Gasteiger partial charge in [0.1, 0.15) is 0 Å². The van der Waals surface area contributed by atoms with Gasteiger partial charge in [0.2, 0.25) is 0 Å². The molecule has 1 aromatic rings. The molecular weight excluding hydrogens is 238 g/mol. The van der Waals surface area contributed by atoms with Gasteiger partial charge in [-0.2, -0.15) is 0 Å². The van der Waals surface area contributed by atoms with Crippen LogP contribution in [0, 0.1) is 0 Å². The van der Waals surface area contributed by atoms with E-state index in [1.807, 2.05) is 11.9 Å². The first-order chi connectivity index (χ1) is 8.13. The lowest BCUT2D eigenvalue weighted by molar-refractivity contribution is 0.0938. The molecule has 0 radical (unpaired) electrons. The minimum atomic E-state index is 0.0902. The predicted octanol–water partition coefficient (Wildman–Crippen LogP) is 2.49. The molecule has 0 aliphatic heterocycles. The van der Waals surface area contributed by atoms with Crippen molar-refractivity contribution in [3.05, 3.63) is 34.9 Å². The van der Waals surface area contributed by atoms with Gasteiger partial charge in [0.15, 0.2) is 5.78 Å². The summed E-state index contributed by atoms with van der Waals surface area (Å²) in [6.45, 7) is 1.97. The molecule has 0 saturated heterocycles. The van der Waals surface area contributed by atoms with Gasteiger partial charge in [-0.3, -0.25) is 9.69 Å². The molecule has 0 atom stereocenters. The average molecular weight is 256 g/mol. The zero-order valence-electron chi connectivity index (χ0n) is 10.3. The number of hydrogen-bond acceptors (Lipinski definition) is 3. The molecule has 94 valence electrons. The molecule has 4 heteroatoms. The number of carbonyl (C=O) groups excluding carboxylic acids is 1. The highest BCUT2D eigenvalue weighted by atomic mass is 35.5. The largest absolute Gasteiger partial charge is 0.385 e. The van der Waals surface area contributed by atoms with E-state index in [1.165, 1.54) is 0 Å². The summed E-state index contributed by atoms with van der Waals surface area (Å²) >= 11 is 5.85. The Balaban J connectivity index is 2.43. The van der Waals surface area contributed by atoms with Gasteiger partial charge in [0.25, 0.3) is 0 Å². The third-order valence-electron chi connectivity index (χ3n) is 2.45. The van der Waals surface area contributed by atoms with Gasteiger partial charge in [0.05, 0.1) is 6.54 Å². The number of rotatable bonds is 7. The maximum atomic E-state index is 11.9. The predicted molar refractivity (Wildman–Crippen MR) is 69.8 cm³/mol. The third-order valence-corrected chi connectivity index (χ3v) is 2.68. The Morgan fingerprint density at radius 1 is 1.47 bits per heavy atom. The first-order valence-electron chi connectivity index (χ1n) is 5.59. The zero-order chi connectivity index (χ0) is 12.7. The summed E-state index contributed by atoms with van der Waals surface area (Å²) in [5.74, 6) is 0.0902. The standard InChI is InChI=1S/C13H18ClNO2/c1-15(7-4-8-17-2)10-13(16)11-5-3-6-12(14)9-11/h3,5-6,9H,4,7-8,10H2,1-2H3. The molecule has 0 spiro atoms. The van der Waals surface area contributed by atoms with Crippen molar-refractivity contribution in [3.8, 4) is 0 Å². The van der Waals surface area contributed by atoms with E-state index in [0.29, 0.717) is 17.1 Å². The molecule has 0 aliphatic rings. The smallest absolute Gasteiger partial charge is 0.176 e. The van der Waals surface area contributed by atoms with Gasteiger partial charge in [-0.1, -0.05) is 23.7 Å². The van der Waals surface area contributed by atoms with Crippen molar-refractivity contribution in [2.75, 3.05) is 33.9 Å². The number of hydrogen-bond donors (Lipinski definition) is 0. The van der Waals surface area contributed by atoms with E-state index in [0.717, 1.165) is 19.6 Å². The van der Waals surface area contributed by atoms with Gasteiger partial charge in [-0.15, -0.1) is 0 Å². The van der Waals surface area contributed by atoms with Crippen molar-refractivity contribution >= 4 is 17.4 Å². The second-order valence-electron chi connectivity index (χ2n) is 4.02. The van der Waals surface area contributed by atoms with E-state index < -0.39 is 0 Å². The van der Waals surface area contributed by atoms with Crippen LogP contribution in [-0.4, -0.2) is 44.5 Å². The van der Waals surface area contributed by atoms with E-state index in [-0.39, 0.29) is 5.78 Å². The second-order valence-corrected chi connectivity index (χ2v) is 4.45. The molecule has 0 heterocycles. The minimum Gasteiger partial charge on any atom is -0.385 e. The molecule has 0 amide bonds. The van der Waals surface area contributed by atoms with E-state index in [9.17, 15) is 4.79 Å². The van der Waals surface area contributed by atoms with Crippen LogP contribution in [0.2, 0.25) is 5.02 Å². The Morgan fingerprint density at radius 3 is 2.88 bits per heavy atom. The molecule has 17 heavy (non-hydrogen) atoms. The van der Waals surface area contributed by atoms with E-state index >= 15 is 0 Å². The second kappa shape index (κ2) is 7.43. The van der Waals surface area contributed by atoms with Crippen LogP contribution >= 0.6 is 11.6 Å². The number of likely N-dealkylation sites (N-methyl/N-ethyl adjacent to an activating group) is 1. The van der Waals surface area contributed by atoms with Crippen LogP contribution in [0.4, 0.5) is 0 Å². The van der Waals surface area contributed by atoms with Crippen molar-refractivity contribution in [1.82, 2.24) is 4.90 Å². The monoisotopic (exact) mass is 255 g/mol. The summed E-state index contributed by atoms with van der Waals surface area (Å²) in [6.07, 6.45) is 0.926. The molecule has 0 aliphatic carbocycles. The third kappa shape index (κ3) is 5.31. The molecule has 0 N–H and O–H groups in total. The fourth-order valence-corrected chi connectivity index (χ4v) is 1.75. The lowest BCUT2D eigenvalue weighted by Crippen LogP contribution is -2.27. The SMILES string of the molecule is COCCCN(C)CC(=O)c1cccc(Cl)c1. The number of Topliss-reactive ketones (excluding diaryl/α,β-unsaturated/α-hetero) is 1. The number of ketones is 1. The Morgan fingerprint density at radius 2 is 2.24 bits per heavy atom. The number of carbonyl (C=O) groups is 1. The zero-order valence-corrected chi connectivity index (χ0v) is 11.0. The van der Waals surface area contributed by atoms with Crippen LogP contribution in [0.3, 0.4) is 0 Å². The maximum absolute atomic E-state index is 11.9. The number of nitrogens with zero attached hydrogens (tertiary/aromatic N) is 1. The summed E-state index contributed by atoms with van der Waals surface area (Å²) in [7, 11) is 3.61. The molecule has 0 bridgehead atoms. The van der Waals surface area contributed by atoms with Crippen LogP contribution in [-0.2, 0) is 4.74 Å². The normalized spacial score (nSPS) is 10.8. The van der Waals surface area contributed by atoms with Gasteiger partial charge in [-0.05, 0) is 25.6 Å². The topological polar surface area (TPSA) is 29.5 Å². The highest BCUT2D eigenvalue weighted by Gasteiger charge is 2.09. The molecule has 0 saturated carbocycles. The first-order valence-corrected chi connectivity index (χ1v) is 5.97. The Kier molecular flexibility index (Phi) is 6.19. The average Bonchev–Trinajstić information content (AvgIpc) is 2.29. The minimum absolute atomic E-state index is 0.0902. The van der Waals surface area contributed by atoms with E-state index in [4.69, 9.17) is 16.3 Å². The lowest BCUT2D eigenvalue weighted by Gasteiger charge is -2.15. The van der Waals surface area contributed by atoms with Crippen molar-refractivity contribution in [2.24, 2.45) is 0 Å². The fraction of sp³-hybridized carbons (Fsp3) is 0.462. The summed E-state index contributed by atoms with van der Waals surface area (Å²) in [4.78, 5) is 13.9. The van der Waals surface area contributed by atoms with E-state index in [2.05, 4.69) is 0 Å². The summed E-state index contributed by atoms with van der Waals surface area (Å²) in [5, 5.41) is 0.595. The van der Waals surface area contributed by atoms with Crippen molar-refractivity contribution < 1.29 is 9.53 Å². The van der Waals surface area contributed by atoms with Crippen LogP contribution in [0.5, 0.6) is 0 Å². The lowest BCUT2D eigenvalue weighted by atomic mass is 10.1. The number of halogens is 1. The van der Waals surface area contributed by atoms with Crippen LogP contribution < -0.4 is 0 Å². The highest BCUT2D eigenvalue weighted by molar-refractivity contribution is 6.31. The first kappa shape index (κ1) is 14.2. The maximum Gasteiger partial charge on any atom is 0.176 e. The Hall–Kier alpha value is -0.900. The van der Waals surface area contributed by atoms with Gasteiger partial charge < -0.3 is 4.74 Å². The van der Waals surface area contributed by atoms with Gasteiger partial charge in [-0.25, -0.2) is 0 Å². The Bertz CT molecular complexity index is 368. The van der Waals surface area contributed by atoms with Crippen molar-refractivity contribution in [2.45, 2.75) is 6.42 Å². The Labute approximate surface area is 107 Å². The molecule has 1 rings (SSSR count). The molecule has 1 aromatic carbocycles.